The van der Waals surface area contributed by atoms with Crippen LogP contribution >= 0.6 is 0 Å². The molecule has 3 nitrogen and oxygen atoms in total. The smallest absolute Gasteiger partial charge is 0.248 e. The highest BCUT2D eigenvalue weighted by atomic mass is 16.2. The third-order valence-electron chi connectivity index (χ3n) is 5.42. The standard InChI is InChI=1S/C17H22N2O/c1-12-16(2,3)13-9-10-17(12,11-13)15(20)19-18-14-7-5-4-6-8-14/h4-8,13,18H,1,9-11H2,2-3H3,(H,19,20)/t13-,17-/m1/s1. The van der Waals surface area contributed by atoms with Gasteiger partial charge in [-0.15, -0.1) is 0 Å². The molecule has 3 rings (SSSR count). The fraction of sp³-hybridized carbons (Fsp3) is 0.471. The fourth-order valence-corrected chi connectivity index (χ4v) is 3.91. The number of nitrogens with one attached hydrogen (secondary N) is 2. The quantitative estimate of drug-likeness (QED) is 0.652. The van der Waals surface area contributed by atoms with Crippen LogP contribution in [0.1, 0.15) is 33.1 Å². The third kappa shape index (κ3) is 1.76. The largest absolute Gasteiger partial charge is 0.299 e. The van der Waals surface area contributed by atoms with Crippen LogP contribution in [-0.2, 0) is 4.79 Å². The molecule has 2 saturated carbocycles. The first-order valence-electron chi connectivity index (χ1n) is 7.28. The second-order valence-electron chi connectivity index (χ2n) is 6.67. The molecule has 0 spiro atoms. The van der Waals surface area contributed by atoms with Crippen molar-refractivity contribution in [1.82, 2.24) is 5.43 Å². The summed E-state index contributed by atoms with van der Waals surface area (Å²) in [6.07, 6.45) is 3.01. The molecule has 2 fully saturated rings. The van der Waals surface area contributed by atoms with E-state index < -0.39 is 0 Å². The van der Waals surface area contributed by atoms with Crippen LogP contribution in [0, 0.1) is 16.7 Å². The molecule has 106 valence electrons. The monoisotopic (exact) mass is 270 g/mol. The molecule has 1 amide bonds. The van der Waals surface area contributed by atoms with Crippen molar-refractivity contribution in [1.29, 1.82) is 0 Å². The van der Waals surface area contributed by atoms with E-state index in [4.69, 9.17) is 0 Å². The summed E-state index contributed by atoms with van der Waals surface area (Å²) in [5, 5.41) is 0. The van der Waals surface area contributed by atoms with Crippen molar-refractivity contribution in [3.8, 4) is 0 Å². The van der Waals surface area contributed by atoms with E-state index in [-0.39, 0.29) is 16.7 Å². The number of anilines is 1. The van der Waals surface area contributed by atoms with Crippen molar-refractivity contribution in [2.45, 2.75) is 33.1 Å². The van der Waals surface area contributed by atoms with E-state index in [1.165, 1.54) is 0 Å². The van der Waals surface area contributed by atoms with Crippen molar-refractivity contribution in [2.24, 2.45) is 16.7 Å². The van der Waals surface area contributed by atoms with Crippen LogP contribution in [-0.4, -0.2) is 5.91 Å². The number of rotatable bonds is 3. The number of carbonyl (C=O) groups is 1. The molecule has 0 saturated heterocycles. The highest BCUT2D eigenvalue weighted by molar-refractivity contribution is 5.88. The van der Waals surface area contributed by atoms with Gasteiger partial charge < -0.3 is 0 Å². The summed E-state index contributed by atoms with van der Waals surface area (Å²) in [5.41, 5.74) is 7.61. The number of para-hydroxylation sites is 1. The summed E-state index contributed by atoms with van der Waals surface area (Å²) in [6.45, 7) is 8.69. The molecule has 20 heavy (non-hydrogen) atoms. The van der Waals surface area contributed by atoms with Crippen LogP contribution in [0.3, 0.4) is 0 Å². The number of hydrogen-bond acceptors (Lipinski definition) is 2. The Hall–Kier alpha value is -1.77. The lowest BCUT2D eigenvalue weighted by atomic mass is 9.68. The number of benzene rings is 1. The molecule has 2 atom stereocenters. The SMILES string of the molecule is C=C1C(C)(C)[C@@H]2CC[C@@]1(C(=O)NNc1ccccc1)C2. The van der Waals surface area contributed by atoms with Crippen LogP contribution < -0.4 is 10.9 Å². The molecule has 1 aromatic rings. The van der Waals surface area contributed by atoms with Gasteiger partial charge in [-0.2, -0.15) is 0 Å². The van der Waals surface area contributed by atoms with Gasteiger partial charge in [0.15, 0.2) is 0 Å². The van der Waals surface area contributed by atoms with Crippen molar-refractivity contribution in [3.05, 3.63) is 42.5 Å². The maximum absolute atomic E-state index is 12.7. The zero-order valence-corrected chi connectivity index (χ0v) is 12.2. The van der Waals surface area contributed by atoms with Crippen LogP contribution in [0.4, 0.5) is 5.69 Å². The Morgan fingerprint density at radius 2 is 2.00 bits per heavy atom. The van der Waals surface area contributed by atoms with Gasteiger partial charge in [0.25, 0.3) is 0 Å². The lowest BCUT2D eigenvalue weighted by molar-refractivity contribution is -0.128. The van der Waals surface area contributed by atoms with Gasteiger partial charge in [0, 0.05) is 0 Å². The summed E-state index contributed by atoms with van der Waals surface area (Å²) in [4.78, 5) is 12.7. The first kappa shape index (κ1) is 13.2. The maximum atomic E-state index is 12.7. The molecule has 3 heteroatoms. The summed E-state index contributed by atoms with van der Waals surface area (Å²) in [5.74, 6) is 0.664. The number of carbonyl (C=O) groups excluding carboxylic acids is 1. The van der Waals surface area contributed by atoms with E-state index >= 15 is 0 Å². The minimum Gasteiger partial charge on any atom is -0.299 e. The molecule has 0 radical (unpaired) electrons. The van der Waals surface area contributed by atoms with Gasteiger partial charge in [0.05, 0.1) is 11.1 Å². The molecule has 0 heterocycles. The van der Waals surface area contributed by atoms with E-state index in [1.54, 1.807) is 0 Å². The van der Waals surface area contributed by atoms with Crippen LogP contribution in [0.25, 0.3) is 0 Å². The zero-order valence-electron chi connectivity index (χ0n) is 12.2. The van der Waals surface area contributed by atoms with E-state index in [1.807, 2.05) is 30.3 Å². The summed E-state index contributed by atoms with van der Waals surface area (Å²) in [7, 11) is 0. The number of amides is 1. The van der Waals surface area contributed by atoms with E-state index in [0.29, 0.717) is 5.92 Å². The fourth-order valence-electron chi connectivity index (χ4n) is 3.91. The predicted molar refractivity (Wildman–Crippen MR) is 80.9 cm³/mol. The molecular formula is C17H22N2O. The molecule has 2 aliphatic carbocycles. The Morgan fingerprint density at radius 3 is 2.60 bits per heavy atom. The van der Waals surface area contributed by atoms with Gasteiger partial charge in [0.1, 0.15) is 0 Å². The molecule has 0 aliphatic heterocycles. The van der Waals surface area contributed by atoms with Gasteiger partial charge >= 0.3 is 0 Å². The number of hydrazine groups is 1. The first-order valence-corrected chi connectivity index (χ1v) is 7.28. The zero-order chi connectivity index (χ0) is 14.4. The lowest BCUT2D eigenvalue weighted by Gasteiger charge is -2.37. The summed E-state index contributed by atoms with van der Waals surface area (Å²) in [6, 6.07) is 9.70. The highest BCUT2D eigenvalue weighted by Gasteiger charge is 2.60. The predicted octanol–water partition coefficient (Wildman–Crippen LogP) is 3.51. The maximum Gasteiger partial charge on any atom is 0.248 e. The van der Waals surface area contributed by atoms with Crippen molar-refractivity contribution < 1.29 is 4.79 Å². The second kappa shape index (κ2) is 4.37. The Morgan fingerprint density at radius 1 is 1.30 bits per heavy atom. The van der Waals surface area contributed by atoms with Crippen LogP contribution in [0.15, 0.2) is 42.5 Å². The van der Waals surface area contributed by atoms with Crippen LogP contribution in [0.2, 0.25) is 0 Å². The van der Waals surface area contributed by atoms with Gasteiger partial charge in [-0.3, -0.25) is 15.6 Å². The molecule has 2 N–H and O–H groups in total. The molecule has 0 unspecified atom stereocenters. The molecule has 2 bridgehead atoms. The van der Waals surface area contributed by atoms with Gasteiger partial charge in [0.2, 0.25) is 5.91 Å². The Bertz CT molecular complexity index is 549. The highest BCUT2D eigenvalue weighted by Crippen LogP contribution is 2.65. The van der Waals surface area contributed by atoms with E-state index in [2.05, 4.69) is 31.3 Å². The van der Waals surface area contributed by atoms with Gasteiger partial charge in [-0.1, -0.05) is 44.2 Å². The minimum absolute atomic E-state index is 0.0689. The van der Waals surface area contributed by atoms with E-state index in [0.717, 1.165) is 30.5 Å². The Balaban J connectivity index is 1.73. The molecule has 0 aromatic heterocycles. The number of fused-ring (bicyclic) bond motifs is 2. The second-order valence-corrected chi connectivity index (χ2v) is 6.67. The van der Waals surface area contributed by atoms with E-state index in [9.17, 15) is 4.79 Å². The van der Waals surface area contributed by atoms with Gasteiger partial charge in [-0.25, -0.2) is 0 Å². The minimum atomic E-state index is -0.365. The summed E-state index contributed by atoms with van der Waals surface area (Å²) >= 11 is 0. The normalized spacial score (nSPS) is 30.3. The molecule has 1 aromatic carbocycles. The Kier molecular flexibility index (Phi) is 2.89. The third-order valence-corrected chi connectivity index (χ3v) is 5.42. The first-order chi connectivity index (χ1) is 9.47. The van der Waals surface area contributed by atoms with Crippen molar-refractivity contribution in [3.63, 3.8) is 0 Å². The average Bonchev–Trinajstić information content (AvgIpc) is 2.98. The number of hydrogen-bond donors (Lipinski definition) is 2. The van der Waals surface area contributed by atoms with Crippen molar-refractivity contribution in [2.75, 3.05) is 5.43 Å². The molecular weight excluding hydrogens is 248 g/mol. The topological polar surface area (TPSA) is 41.1 Å². The summed E-state index contributed by atoms with van der Waals surface area (Å²) < 4.78 is 0. The Labute approximate surface area is 120 Å². The van der Waals surface area contributed by atoms with Gasteiger partial charge in [-0.05, 0) is 42.7 Å². The lowest BCUT2D eigenvalue weighted by Crippen LogP contribution is -2.43. The molecule has 2 aliphatic rings. The van der Waals surface area contributed by atoms with Crippen LogP contribution in [0.5, 0.6) is 0 Å². The average molecular weight is 270 g/mol. The van der Waals surface area contributed by atoms with Crippen molar-refractivity contribution >= 4 is 11.6 Å².